The number of phenolic OH excluding ortho intramolecular Hbond substituents is 1. The summed E-state index contributed by atoms with van der Waals surface area (Å²) in [7, 11) is 0. The first-order valence-corrected chi connectivity index (χ1v) is 12.2. The Hall–Kier alpha value is -1.51. The van der Waals surface area contributed by atoms with Crippen molar-refractivity contribution in [1.82, 2.24) is 0 Å². The Labute approximate surface area is 179 Å². The number of rotatable bonds is 19. The molecular formula is C26H44O3. The third-order valence-corrected chi connectivity index (χ3v) is 5.57. The molecule has 0 saturated carbocycles. The number of hydrogen-bond donors (Lipinski definition) is 1. The maximum Gasteiger partial charge on any atom is 0.305 e. The Morgan fingerprint density at radius 1 is 0.724 bits per heavy atom. The Bertz CT molecular complexity index is 495. The van der Waals surface area contributed by atoms with Gasteiger partial charge < -0.3 is 9.84 Å². The van der Waals surface area contributed by atoms with Crippen LogP contribution < -0.4 is 0 Å². The molecule has 0 fully saturated rings. The van der Waals surface area contributed by atoms with Crippen LogP contribution in [-0.4, -0.2) is 17.7 Å². The number of benzene rings is 1. The van der Waals surface area contributed by atoms with Crippen molar-refractivity contribution >= 4 is 5.97 Å². The minimum Gasteiger partial charge on any atom is -0.508 e. The highest BCUT2D eigenvalue weighted by Gasteiger charge is 2.03. The number of hydrogen-bond acceptors (Lipinski definition) is 3. The lowest BCUT2D eigenvalue weighted by Crippen LogP contribution is -2.07. The number of carbonyl (C=O) groups is 1. The fraction of sp³-hybridized carbons (Fsp3) is 0.731. The van der Waals surface area contributed by atoms with Crippen LogP contribution in [-0.2, 0) is 16.0 Å². The van der Waals surface area contributed by atoms with Crippen molar-refractivity contribution in [3.63, 3.8) is 0 Å². The molecule has 0 heterocycles. The molecule has 1 aromatic rings. The highest BCUT2D eigenvalue weighted by Crippen LogP contribution is 2.14. The first-order valence-electron chi connectivity index (χ1n) is 12.2. The standard InChI is InChI=1S/C26H44O3/c1-2-3-4-5-6-7-8-9-10-11-12-13-14-15-16-17-26(28)29-23-22-24-18-20-25(27)21-19-24/h18-21,27H,2-17,22-23H2,1H3. The van der Waals surface area contributed by atoms with E-state index in [-0.39, 0.29) is 11.7 Å². The number of phenols is 1. The van der Waals surface area contributed by atoms with Gasteiger partial charge >= 0.3 is 5.97 Å². The second kappa shape index (κ2) is 18.5. The van der Waals surface area contributed by atoms with Crippen LogP contribution >= 0.6 is 0 Å². The number of unbranched alkanes of at least 4 members (excludes halogenated alkanes) is 14. The van der Waals surface area contributed by atoms with Gasteiger partial charge in [0.25, 0.3) is 0 Å². The summed E-state index contributed by atoms with van der Waals surface area (Å²) in [5, 5.41) is 9.25. The molecule has 0 saturated heterocycles. The zero-order valence-corrected chi connectivity index (χ0v) is 18.8. The van der Waals surface area contributed by atoms with E-state index in [0.717, 1.165) is 18.4 Å². The summed E-state index contributed by atoms with van der Waals surface area (Å²) < 4.78 is 5.29. The lowest BCUT2D eigenvalue weighted by atomic mass is 10.0. The quantitative estimate of drug-likeness (QED) is 0.189. The van der Waals surface area contributed by atoms with E-state index < -0.39 is 0 Å². The van der Waals surface area contributed by atoms with E-state index in [0.29, 0.717) is 19.4 Å². The second-order valence-electron chi connectivity index (χ2n) is 8.34. The minimum absolute atomic E-state index is 0.0847. The number of carbonyl (C=O) groups excluding carboxylic acids is 1. The molecule has 1 rings (SSSR count). The fourth-order valence-corrected chi connectivity index (χ4v) is 3.66. The van der Waals surface area contributed by atoms with Crippen LogP contribution in [0.2, 0.25) is 0 Å². The van der Waals surface area contributed by atoms with Crippen molar-refractivity contribution in [3.05, 3.63) is 29.8 Å². The van der Waals surface area contributed by atoms with Crippen LogP contribution in [0.3, 0.4) is 0 Å². The molecular weight excluding hydrogens is 360 g/mol. The lowest BCUT2D eigenvalue weighted by Gasteiger charge is -2.06. The van der Waals surface area contributed by atoms with E-state index >= 15 is 0 Å². The Morgan fingerprint density at radius 2 is 1.17 bits per heavy atom. The molecule has 0 amide bonds. The maximum absolute atomic E-state index is 11.8. The van der Waals surface area contributed by atoms with Crippen molar-refractivity contribution in [2.24, 2.45) is 0 Å². The van der Waals surface area contributed by atoms with Crippen molar-refractivity contribution < 1.29 is 14.6 Å². The molecule has 0 aromatic heterocycles. The third kappa shape index (κ3) is 16.0. The molecule has 3 heteroatoms. The molecule has 0 aliphatic rings. The summed E-state index contributed by atoms with van der Waals surface area (Å²) in [5.41, 5.74) is 1.07. The molecule has 166 valence electrons. The first-order chi connectivity index (χ1) is 14.2. The zero-order chi connectivity index (χ0) is 21.0. The van der Waals surface area contributed by atoms with Gasteiger partial charge in [-0.3, -0.25) is 4.79 Å². The van der Waals surface area contributed by atoms with E-state index in [1.54, 1.807) is 12.1 Å². The average molecular weight is 405 g/mol. The van der Waals surface area contributed by atoms with Gasteiger partial charge in [0.1, 0.15) is 5.75 Å². The molecule has 0 unspecified atom stereocenters. The summed E-state index contributed by atoms with van der Waals surface area (Å²) in [6, 6.07) is 7.04. The van der Waals surface area contributed by atoms with E-state index in [1.807, 2.05) is 12.1 Å². The number of aromatic hydroxyl groups is 1. The van der Waals surface area contributed by atoms with E-state index in [1.165, 1.54) is 83.5 Å². The summed E-state index contributed by atoms with van der Waals surface area (Å²) in [6.45, 7) is 2.69. The molecule has 0 aliphatic carbocycles. The molecule has 3 nitrogen and oxygen atoms in total. The van der Waals surface area contributed by atoms with Gasteiger partial charge in [-0.2, -0.15) is 0 Å². The summed E-state index contributed by atoms with van der Waals surface area (Å²) in [6.07, 6.45) is 21.2. The predicted molar refractivity (Wildman–Crippen MR) is 122 cm³/mol. The molecule has 0 spiro atoms. The lowest BCUT2D eigenvalue weighted by molar-refractivity contribution is -0.143. The van der Waals surface area contributed by atoms with Gasteiger partial charge in [-0.1, -0.05) is 109 Å². The number of ether oxygens (including phenoxy) is 1. The van der Waals surface area contributed by atoms with Crippen molar-refractivity contribution in [1.29, 1.82) is 0 Å². The van der Waals surface area contributed by atoms with Gasteiger partial charge in [-0.05, 0) is 24.1 Å². The van der Waals surface area contributed by atoms with Crippen LogP contribution in [0.5, 0.6) is 5.75 Å². The van der Waals surface area contributed by atoms with E-state index in [9.17, 15) is 9.90 Å². The van der Waals surface area contributed by atoms with Crippen LogP contribution in [0.4, 0.5) is 0 Å². The predicted octanol–water partition coefficient (Wildman–Crippen LogP) is 7.74. The monoisotopic (exact) mass is 404 g/mol. The van der Waals surface area contributed by atoms with Crippen molar-refractivity contribution in [2.75, 3.05) is 6.61 Å². The zero-order valence-electron chi connectivity index (χ0n) is 18.8. The summed E-state index contributed by atoms with van der Waals surface area (Å²) in [4.78, 5) is 11.8. The molecule has 1 aromatic carbocycles. The third-order valence-electron chi connectivity index (χ3n) is 5.57. The van der Waals surface area contributed by atoms with E-state index in [2.05, 4.69) is 6.92 Å². The van der Waals surface area contributed by atoms with Crippen molar-refractivity contribution in [2.45, 2.75) is 116 Å². The SMILES string of the molecule is CCCCCCCCCCCCCCCCCC(=O)OCCc1ccc(O)cc1. The Morgan fingerprint density at radius 3 is 1.66 bits per heavy atom. The van der Waals surface area contributed by atoms with E-state index in [4.69, 9.17) is 4.74 Å². The Balaban J connectivity index is 1.79. The Kier molecular flexibility index (Phi) is 16.3. The molecule has 0 aliphatic heterocycles. The summed E-state index contributed by atoms with van der Waals surface area (Å²) in [5.74, 6) is 0.178. The molecule has 29 heavy (non-hydrogen) atoms. The topological polar surface area (TPSA) is 46.5 Å². The van der Waals surface area contributed by atoms with Gasteiger partial charge in [0.15, 0.2) is 0 Å². The highest BCUT2D eigenvalue weighted by atomic mass is 16.5. The van der Waals surface area contributed by atoms with Gasteiger partial charge in [0.2, 0.25) is 0 Å². The first kappa shape index (κ1) is 25.5. The second-order valence-corrected chi connectivity index (χ2v) is 8.34. The maximum atomic E-state index is 11.8. The fourth-order valence-electron chi connectivity index (χ4n) is 3.66. The molecule has 0 radical (unpaired) electrons. The molecule has 1 N–H and O–H groups in total. The van der Waals surface area contributed by atoms with Crippen LogP contribution in [0, 0.1) is 0 Å². The van der Waals surface area contributed by atoms with Gasteiger partial charge in [-0.25, -0.2) is 0 Å². The van der Waals surface area contributed by atoms with Gasteiger partial charge in [0.05, 0.1) is 6.61 Å². The normalized spacial score (nSPS) is 10.9. The highest BCUT2D eigenvalue weighted by molar-refractivity contribution is 5.69. The number of esters is 1. The van der Waals surface area contributed by atoms with Crippen LogP contribution in [0.1, 0.15) is 115 Å². The van der Waals surface area contributed by atoms with Gasteiger partial charge in [0, 0.05) is 12.8 Å². The van der Waals surface area contributed by atoms with Crippen molar-refractivity contribution in [3.8, 4) is 5.75 Å². The smallest absolute Gasteiger partial charge is 0.305 e. The molecule has 0 atom stereocenters. The average Bonchev–Trinajstić information content (AvgIpc) is 2.72. The minimum atomic E-state index is -0.0847. The molecule has 0 bridgehead atoms. The van der Waals surface area contributed by atoms with Gasteiger partial charge in [-0.15, -0.1) is 0 Å². The largest absolute Gasteiger partial charge is 0.508 e. The summed E-state index contributed by atoms with van der Waals surface area (Å²) >= 11 is 0. The van der Waals surface area contributed by atoms with Crippen LogP contribution in [0.15, 0.2) is 24.3 Å². The van der Waals surface area contributed by atoms with Crippen LogP contribution in [0.25, 0.3) is 0 Å².